The van der Waals surface area contributed by atoms with E-state index in [1.807, 2.05) is 21.1 Å². The Bertz CT molecular complexity index is 579. The van der Waals surface area contributed by atoms with E-state index in [0.29, 0.717) is 10.9 Å². The summed E-state index contributed by atoms with van der Waals surface area (Å²) in [5, 5.41) is 8.63. The second kappa shape index (κ2) is 19.7. The number of likely N-dealkylation sites (N-methyl/N-ethyl adjacent to an activating group) is 1. The van der Waals surface area contributed by atoms with E-state index < -0.39 is 12.9 Å². The van der Waals surface area contributed by atoms with Crippen LogP contribution in [0, 0.1) is 0 Å². The molecule has 1 atom stereocenters. The van der Waals surface area contributed by atoms with Crippen molar-refractivity contribution in [2.75, 3.05) is 27.7 Å². The van der Waals surface area contributed by atoms with Crippen molar-refractivity contribution in [3.63, 3.8) is 0 Å². The summed E-state index contributed by atoms with van der Waals surface area (Å²) >= 11 is 0. The first-order valence-corrected chi connectivity index (χ1v) is 15.5. The van der Waals surface area contributed by atoms with Crippen molar-refractivity contribution in [2.45, 2.75) is 128 Å². The summed E-state index contributed by atoms with van der Waals surface area (Å²) in [6.45, 7) is 2.31. The van der Waals surface area contributed by atoms with Crippen LogP contribution in [-0.4, -0.2) is 52.4 Å². The minimum atomic E-state index is -4.55. The zero-order valence-electron chi connectivity index (χ0n) is 22.9. The summed E-state index contributed by atoms with van der Waals surface area (Å²) in [5.74, 6) is 0. The van der Waals surface area contributed by atoms with Crippen LogP contribution >= 0.6 is 7.60 Å². The minimum absolute atomic E-state index is 0.0515. The largest absolute Gasteiger partial charge is 0.373 e. The van der Waals surface area contributed by atoms with Crippen LogP contribution in [0.25, 0.3) is 0 Å². The zero-order valence-corrected chi connectivity index (χ0v) is 23.8. The zero-order chi connectivity index (χ0) is 25.8. The number of quaternary nitrogens is 1. The van der Waals surface area contributed by atoms with Crippen LogP contribution in [0.5, 0.6) is 0 Å². The van der Waals surface area contributed by atoms with Crippen LogP contribution in [-0.2, 0) is 4.57 Å². The second-order valence-corrected chi connectivity index (χ2v) is 13.0. The third kappa shape index (κ3) is 19.8. The van der Waals surface area contributed by atoms with Crippen LogP contribution in [0.15, 0.2) is 24.3 Å². The molecule has 0 aliphatic carbocycles. The van der Waals surface area contributed by atoms with Crippen molar-refractivity contribution >= 4 is 7.60 Å². The Morgan fingerprint density at radius 1 is 0.647 bits per heavy atom. The van der Waals surface area contributed by atoms with Gasteiger partial charge in [-0.25, -0.2) is 0 Å². The molecule has 0 saturated heterocycles. The van der Waals surface area contributed by atoms with Gasteiger partial charge in [0, 0.05) is 0 Å². The van der Waals surface area contributed by atoms with Gasteiger partial charge in [0.2, 0.25) is 5.34 Å². The molecule has 0 spiro atoms. The van der Waals surface area contributed by atoms with Crippen molar-refractivity contribution in [2.24, 2.45) is 0 Å². The molecule has 0 heterocycles. The molecule has 1 unspecified atom stereocenters. The first-order valence-electron chi connectivity index (χ1n) is 13.9. The molecule has 5 nitrogen and oxygen atoms in total. The van der Waals surface area contributed by atoms with Gasteiger partial charge in [-0.3, -0.25) is 4.57 Å². The van der Waals surface area contributed by atoms with Crippen LogP contribution in [0.4, 0.5) is 0 Å². The number of nitrogens with zero attached hydrogens (tertiary/aromatic N) is 1. The van der Waals surface area contributed by atoms with Crippen molar-refractivity contribution < 1.29 is 23.9 Å². The van der Waals surface area contributed by atoms with Gasteiger partial charge in [0.15, 0.2) is 0 Å². The molecule has 3 N–H and O–H groups in total. The molecule has 0 rings (SSSR count). The topological polar surface area (TPSA) is 77.8 Å². The van der Waals surface area contributed by atoms with Gasteiger partial charge in [0.05, 0.1) is 21.1 Å². The molecular weight excluding hydrogens is 445 g/mol. The summed E-state index contributed by atoms with van der Waals surface area (Å²) in [6.07, 6.45) is 29.8. The average Bonchev–Trinajstić information content (AvgIpc) is 2.73. The van der Waals surface area contributed by atoms with E-state index in [0.717, 1.165) is 32.1 Å². The van der Waals surface area contributed by atoms with E-state index in [1.165, 1.54) is 70.6 Å². The quantitative estimate of drug-likeness (QED) is 0.0578. The van der Waals surface area contributed by atoms with Crippen molar-refractivity contribution in [3.8, 4) is 0 Å². The highest BCUT2D eigenvalue weighted by Crippen LogP contribution is 2.52. The summed E-state index contributed by atoms with van der Waals surface area (Å²) in [6, 6.07) is 0. The van der Waals surface area contributed by atoms with Gasteiger partial charge >= 0.3 is 7.60 Å². The maximum Gasteiger partial charge on any atom is 0.362 e. The summed E-state index contributed by atoms with van der Waals surface area (Å²) in [4.78, 5) is 19.2. The van der Waals surface area contributed by atoms with Gasteiger partial charge < -0.3 is 19.4 Å². The van der Waals surface area contributed by atoms with Gasteiger partial charge in [-0.2, -0.15) is 0 Å². The predicted molar refractivity (Wildman–Crippen MR) is 147 cm³/mol. The highest BCUT2D eigenvalue weighted by molar-refractivity contribution is 7.53. The third-order valence-electron chi connectivity index (χ3n) is 6.27. The molecule has 0 saturated carbocycles. The number of rotatable bonds is 23. The molecule has 0 radical (unpaired) electrons. The number of aliphatic hydroxyl groups is 1. The molecule has 0 aliphatic rings. The second-order valence-electron chi connectivity index (χ2n) is 11.1. The normalized spacial score (nSPS) is 14.9. The molecule has 0 aromatic rings. The molecular formula is C28H57NO4P+. The monoisotopic (exact) mass is 502 g/mol. The van der Waals surface area contributed by atoms with Gasteiger partial charge in [-0.1, -0.05) is 82.6 Å². The fraction of sp³-hybridized carbons (Fsp3) is 0.857. The molecule has 0 amide bonds. The standard InChI is InChI=1S/C28H56NO4P/c1-5-6-7-8-9-10-11-12-13-14-15-16-17-18-19-20-21-22-23-24-25-26-28(30,34(31,32)33)27-29(2,3)4/h11-12,19-20,30H,5-10,13-18,21-27H2,1-4H3,(H-,31,32,33)/p+1/b12-11-,20-19-. The van der Waals surface area contributed by atoms with Crippen molar-refractivity contribution in [1.29, 1.82) is 0 Å². The van der Waals surface area contributed by atoms with E-state index in [-0.39, 0.29) is 13.0 Å². The van der Waals surface area contributed by atoms with Crippen LogP contribution in [0.3, 0.4) is 0 Å². The van der Waals surface area contributed by atoms with Gasteiger partial charge in [-0.05, 0) is 64.2 Å². The van der Waals surface area contributed by atoms with E-state index in [1.54, 1.807) is 0 Å². The molecule has 0 fully saturated rings. The third-order valence-corrected chi connectivity index (χ3v) is 7.72. The fourth-order valence-corrected chi connectivity index (χ4v) is 5.37. The Hall–Kier alpha value is -0.450. The lowest BCUT2D eigenvalue weighted by atomic mass is 10.1. The van der Waals surface area contributed by atoms with E-state index >= 15 is 0 Å². The van der Waals surface area contributed by atoms with E-state index in [4.69, 9.17) is 0 Å². The van der Waals surface area contributed by atoms with Crippen molar-refractivity contribution in [1.82, 2.24) is 0 Å². The minimum Gasteiger partial charge on any atom is -0.373 e. The lowest BCUT2D eigenvalue weighted by Crippen LogP contribution is -2.49. The van der Waals surface area contributed by atoms with Gasteiger partial charge in [-0.15, -0.1) is 0 Å². The Morgan fingerprint density at radius 2 is 1.00 bits per heavy atom. The maximum absolute atomic E-state index is 11.8. The molecule has 6 heteroatoms. The maximum atomic E-state index is 11.8. The van der Waals surface area contributed by atoms with Gasteiger partial charge in [0.25, 0.3) is 0 Å². The molecule has 202 valence electrons. The molecule has 34 heavy (non-hydrogen) atoms. The Kier molecular flexibility index (Phi) is 19.4. The van der Waals surface area contributed by atoms with E-state index in [9.17, 15) is 19.5 Å². The van der Waals surface area contributed by atoms with Gasteiger partial charge in [0.1, 0.15) is 6.54 Å². The SMILES string of the molecule is CCCCCCC/C=C\CCCCCC/C=C\CCCCCCC(O)(C[N+](C)(C)C)P(=O)(O)O. The highest BCUT2D eigenvalue weighted by Gasteiger charge is 2.48. The Labute approximate surface area is 211 Å². The number of allylic oxidation sites excluding steroid dienone is 4. The van der Waals surface area contributed by atoms with Crippen LogP contribution in [0.1, 0.15) is 122 Å². The number of hydrogen-bond donors (Lipinski definition) is 3. The lowest BCUT2D eigenvalue weighted by Gasteiger charge is -2.35. The molecule has 0 bridgehead atoms. The first-order chi connectivity index (χ1) is 16.0. The Morgan fingerprint density at radius 3 is 1.32 bits per heavy atom. The summed E-state index contributed by atoms with van der Waals surface area (Å²) in [5.41, 5.74) is 0. The molecule has 0 aliphatic heterocycles. The Balaban J connectivity index is 3.62. The van der Waals surface area contributed by atoms with Crippen LogP contribution < -0.4 is 0 Å². The molecule has 0 aromatic carbocycles. The lowest BCUT2D eigenvalue weighted by molar-refractivity contribution is -0.875. The summed E-state index contributed by atoms with van der Waals surface area (Å²) < 4.78 is 12.1. The number of unbranched alkanes of at least 4 members (excludes halogenated alkanes) is 14. The van der Waals surface area contributed by atoms with Crippen molar-refractivity contribution in [3.05, 3.63) is 24.3 Å². The smallest absolute Gasteiger partial charge is 0.362 e. The first kappa shape index (κ1) is 33.5. The highest BCUT2D eigenvalue weighted by atomic mass is 31.2. The van der Waals surface area contributed by atoms with E-state index in [2.05, 4.69) is 31.2 Å². The fourth-order valence-electron chi connectivity index (χ4n) is 4.32. The van der Waals surface area contributed by atoms with Crippen LogP contribution in [0.2, 0.25) is 0 Å². The summed E-state index contributed by atoms with van der Waals surface area (Å²) in [7, 11) is 0.952. The average molecular weight is 503 g/mol. The number of hydrogen-bond acceptors (Lipinski definition) is 2. The predicted octanol–water partition coefficient (Wildman–Crippen LogP) is 7.71. The molecule has 0 aromatic heterocycles.